The lowest BCUT2D eigenvalue weighted by atomic mass is 9.94. The Bertz CT molecular complexity index is 3300. The van der Waals surface area contributed by atoms with Crippen molar-refractivity contribution >= 4 is 23.6 Å². The first-order valence-electron chi connectivity index (χ1n) is 39.1. The molecule has 32 N–H and O–H groups in total. The number of amides is 4. The van der Waals surface area contributed by atoms with Crippen LogP contribution in [0.5, 0.6) is 0 Å². The van der Waals surface area contributed by atoms with Crippen molar-refractivity contribution in [1.29, 1.82) is 0 Å². The van der Waals surface area contributed by atoms with Gasteiger partial charge >= 0.3 is 0 Å². The van der Waals surface area contributed by atoms with Crippen molar-refractivity contribution in [3.63, 3.8) is 0 Å². The summed E-state index contributed by atoms with van der Waals surface area (Å²) in [4.78, 5) is 52.3. The molecule has 50 atom stereocenters. The normalized spacial score (nSPS) is 49.4. The van der Waals surface area contributed by atoms with Crippen LogP contribution in [0.15, 0.2) is 0 Å². The van der Waals surface area contributed by atoms with E-state index in [0.717, 1.165) is 27.7 Å². The van der Waals surface area contributed by atoms with E-state index in [1.165, 1.54) is 0 Å². The van der Waals surface area contributed by atoms with Crippen LogP contribution >= 0.6 is 0 Å². The van der Waals surface area contributed by atoms with Crippen LogP contribution in [0.2, 0.25) is 0 Å². The van der Waals surface area contributed by atoms with Crippen molar-refractivity contribution in [2.24, 2.45) is 0 Å². The Kier molecular flexibility index (Phi) is 36.4. The molecule has 10 rings (SSSR count). The summed E-state index contributed by atoms with van der Waals surface area (Å²) >= 11 is 0. The Morgan fingerprint density at radius 1 is 0.211 bits per heavy atom. The molecule has 0 spiro atoms. The number of ether oxygens (including phenoxy) is 19. The molecule has 4 amide bonds. The molecule has 10 fully saturated rings. The number of rotatable bonds is 32. The summed E-state index contributed by atoms with van der Waals surface area (Å²) in [7, 11) is 0. The van der Waals surface area contributed by atoms with E-state index < -0.39 is 397 Å². The van der Waals surface area contributed by atoms with Crippen molar-refractivity contribution in [3.05, 3.63) is 0 Å². The predicted octanol–water partition coefficient (Wildman–Crippen LogP) is -22.2. The van der Waals surface area contributed by atoms with Crippen LogP contribution < -0.4 is 21.3 Å². The lowest BCUT2D eigenvalue weighted by Crippen LogP contribution is -2.70. The van der Waals surface area contributed by atoms with E-state index in [4.69, 9.17) is 90.0 Å². The number of nitrogens with one attached hydrogen (secondary N) is 4. The molecule has 10 aliphatic heterocycles. The molecule has 0 aromatic carbocycles. The third kappa shape index (κ3) is 22.4. The number of carbonyl (C=O) groups is 4. The zero-order valence-electron chi connectivity index (χ0n) is 65.9. The Labute approximate surface area is 695 Å². The third-order valence-corrected chi connectivity index (χ3v) is 22.4. The fourth-order valence-corrected chi connectivity index (χ4v) is 15.9. The quantitative estimate of drug-likeness (QED) is 0.0297. The van der Waals surface area contributed by atoms with Crippen LogP contribution in [-0.2, 0) is 109 Å². The average Bonchev–Trinajstić information content (AvgIpc) is 0.769. The molecular formula is C68H114N4O51. The van der Waals surface area contributed by atoms with Crippen LogP contribution in [0.3, 0.4) is 0 Å². The Morgan fingerprint density at radius 2 is 0.439 bits per heavy atom. The molecule has 0 aromatic heterocycles. The maximum Gasteiger partial charge on any atom is 0.217 e. The third-order valence-electron chi connectivity index (χ3n) is 22.4. The number of hydrogen-bond acceptors (Lipinski definition) is 51. The second-order valence-corrected chi connectivity index (χ2v) is 31.0. The fourth-order valence-electron chi connectivity index (χ4n) is 15.9. The van der Waals surface area contributed by atoms with Gasteiger partial charge in [-0.25, -0.2) is 0 Å². The van der Waals surface area contributed by atoms with Gasteiger partial charge in [0.05, 0.1) is 66.1 Å². The van der Waals surface area contributed by atoms with Crippen molar-refractivity contribution in [2.75, 3.05) is 66.1 Å². The Hall–Kier alpha value is -4.00. The Balaban J connectivity index is 0.949. The second kappa shape index (κ2) is 44.3. The molecule has 55 nitrogen and oxygen atoms in total. The van der Waals surface area contributed by atoms with Gasteiger partial charge in [0.15, 0.2) is 62.9 Å². The molecule has 0 aliphatic carbocycles. The zero-order valence-corrected chi connectivity index (χ0v) is 65.9. The van der Waals surface area contributed by atoms with Gasteiger partial charge in [-0.2, -0.15) is 0 Å². The maximum absolute atomic E-state index is 13.3. The predicted molar refractivity (Wildman–Crippen MR) is 376 cm³/mol. The maximum atomic E-state index is 13.3. The van der Waals surface area contributed by atoms with Crippen molar-refractivity contribution in [2.45, 2.75) is 335 Å². The molecule has 0 bridgehead atoms. The van der Waals surface area contributed by atoms with E-state index in [2.05, 4.69) is 21.3 Å². The SMILES string of the molecule is CC(=O)N[C@H]1[C@H](OC[C@H]2O[C@@H](O[C@H]3[C@H](O)[C@@H](NC(C)=O)[C@H](OC[C@H]4O[C@@H](O[C@H]5[C@H](O)[C@@H](O)C(O)O[C@@H]5CO)[C@H](O)[C@@H](O[C@@H]5O[C@H](CO)[C@@H](O)[C@H](O[C@@H]6O[C@H](CO)[C@H](O)[C@H](O)[C@H]6O)[C@H]5NC(C)=O)[C@H]4O)O[C@@H]3CO)[C@H](O)[C@@H](O[C@@H]3O[C@H](CO)[C@@H](O[C@@H]4O[C@H](CO)[C@H](O)[C@H](O)[C@H]4O)[C@@H](O)[C@H]3NC(C)=O)[C@H]2O)O[C@H](CO)[C@@H](O[C@@H]2O[C@H](CO)[C@H](O)[C@H](O)[C@H]2O)[C@@H]1O. The molecule has 10 saturated heterocycles. The second-order valence-electron chi connectivity index (χ2n) is 31.0. The van der Waals surface area contributed by atoms with Gasteiger partial charge in [0.1, 0.15) is 244 Å². The van der Waals surface area contributed by atoms with Gasteiger partial charge < -0.3 is 254 Å². The first-order chi connectivity index (χ1) is 58.2. The van der Waals surface area contributed by atoms with Crippen molar-refractivity contribution in [1.82, 2.24) is 21.3 Å². The summed E-state index contributed by atoms with van der Waals surface area (Å²) in [5.74, 6) is -3.84. The highest BCUT2D eigenvalue weighted by molar-refractivity contribution is 5.74. The first-order valence-corrected chi connectivity index (χ1v) is 39.1. The number of aliphatic hydroxyl groups is 28. The monoisotopic (exact) mass is 1800 g/mol. The minimum atomic E-state index is -2.52. The molecule has 123 heavy (non-hydrogen) atoms. The topological polar surface area (TPSA) is 858 Å². The zero-order chi connectivity index (χ0) is 90.5. The Morgan fingerprint density at radius 3 is 0.764 bits per heavy atom. The van der Waals surface area contributed by atoms with E-state index >= 15 is 0 Å². The van der Waals surface area contributed by atoms with Gasteiger partial charge in [-0.3, -0.25) is 19.2 Å². The largest absolute Gasteiger partial charge is 0.394 e. The highest BCUT2D eigenvalue weighted by Crippen LogP contribution is 2.40. The van der Waals surface area contributed by atoms with Gasteiger partial charge in [0.25, 0.3) is 0 Å². The van der Waals surface area contributed by atoms with Crippen LogP contribution in [0.4, 0.5) is 0 Å². The first kappa shape index (κ1) is 101. The summed E-state index contributed by atoms with van der Waals surface area (Å²) in [5.41, 5.74) is 0. The summed E-state index contributed by atoms with van der Waals surface area (Å²) in [6, 6.07) is -7.74. The molecular weight excluding hydrogens is 1690 g/mol. The summed E-state index contributed by atoms with van der Waals surface area (Å²) in [6.45, 7) is -7.15. The molecule has 10 heterocycles. The van der Waals surface area contributed by atoms with E-state index in [1.54, 1.807) is 0 Å². The molecule has 0 aromatic rings. The highest BCUT2D eigenvalue weighted by Gasteiger charge is 2.62. The van der Waals surface area contributed by atoms with Crippen LogP contribution in [0, 0.1) is 0 Å². The van der Waals surface area contributed by atoms with E-state index in [0.29, 0.717) is 0 Å². The van der Waals surface area contributed by atoms with E-state index in [-0.39, 0.29) is 0 Å². The molecule has 10 aliphatic rings. The van der Waals surface area contributed by atoms with Crippen molar-refractivity contribution in [3.8, 4) is 0 Å². The summed E-state index contributed by atoms with van der Waals surface area (Å²) in [6.07, 6.45) is -95.5. The van der Waals surface area contributed by atoms with Gasteiger partial charge in [-0.1, -0.05) is 0 Å². The summed E-state index contributed by atoms with van der Waals surface area (Å²) < 4.78 is 112. The summed E-state index contributed by atoms with van der Waals surface area (Å²) in [5, 5.41) is 319. The average molecular weight is 1800 g/mol. The minimum Gasteiger partial charge on any atom is -0.394 e. The highest BCUT2D eigenvalue weighted by atomic mass is 16.8. The number of hydrogen-bond donors (Lipinski definition) is 32. The number of aliphatic hydroxyl groups excluding tert-OH is 28. The van der Waals surface area contributed by atoms with E-state index in [1.807, 2.05) is 0 Å². The van der Waals surface area contributed by atoms with Crippen LogP contribution in [-0.4, -0.2) is 539 Å². The lowest BCUT2D eigenvalue weighted by Gasteiger charge is -2.51. The lowest BCUT2D eigenvalue weighted by molar-refractivity contribution is -0.386. The van der Waals surface area contributed by atoms with Crippen LogP contribution in [0.1, 0.15) is 27.7 Å². The van der Waals surface area contributed by atoms with Crippen molar-refractivity contribution < 1.29 is 252 Å². The van der Waals surface area contributed by atoms with Crippen LogP contribution in [0.25, 0.3) is 0 Å². The fraction of sp³-hybridized carbons (Fsp3) is 0.941. The molecule has 0 radical (unpaired) electrons. The smallest absolute Gasteiger partial charge is 0.217 e. The molecule has 0 saturated carbocycles. The molecule has 55 heteroatoms. The standard InChI is InChI=1S/C68H114N4O51/c1-15(81)69-29-39(91)52(117-64-47(99)42(94)33(85)19(5-73)109-64)24(10-78)112-60(29)105-13-27-37(89)57(122-62-31(71-17(3)83)41(93)54(26(12-80)114-62)118-65-48(100)43(95)34(86)20(6-74)110-65)50(102)67(115-27)119-53-25(11-79)113-61(30(40(53)92)70-16(2)82)106-14-28-38(90)58(51(103)68(116-28)120-55-23(9-77)107-59(104)46(98)45(55)97)123-63-32(72-18(4)84)56(36(88)22(8-76)108-63)121-66-49(101)44(96)35(87)21(7-75)111-66/h19-68,73-80,85-104H,5-14H2,1-4H3,(H,69,81)(H,70,82)(H,71,83)(H,72,84)/t19-,20-,21-,22-,23-,24-,25-,26-,27-,28-,29-,30-,31-,32-,33+,34+,35+,36-,37+,38+,39-,40-,41+,42+,43+,44+,45-,46-,47-,48-,49-,50-,51-,52-,53-,54-,55-,56-,57+,58+,59?,60-,61-,62+,63+,64+,65+,66+,67+,68+/m1/s1. The van der Waals surface area contributed by atoms with Gasteiger partial charge in [-0.15, -0.1) is 0 Å². The molecule has 1 unspecified atom stereocenters. The van der Waals surface area contributed by atoms with E-state index in [9.17, 15) is 162 Å². The molecule has 712 valence electrons. The number of carbonyl (C=O) groups excluding carboxylic acids is 4. The van der Waals surface area contributed by atoms with Gasteiger partial charge in [-0.05, 0) is 0 Å². The van der Waals surface area contributed by atoms with Gasteiger partial charge in [0.2, 0.25) is 23.6 Å². The van der Waals surface area contributed by atoms with Gasteiger partial charge in [0, 0.05) is 27.7 Å². The minimum absolute atomic E-state index is 0.907.